The van der Waals surface area contributed by atoms with Crippen molar-refractivity contribution in [3.8, 4) is 11.3 Å². The maximum absolute atomic E-state index is 12.7. The molecule has 136 valence electrons. The van der Waals surface area contributed by atoms with Gasteiger partial charge in [-0.25, -0.2) is 4.98 Å². The molecule has 0 N–H and O–H groups in total. The summed E-state index contributed by atoms with van der Waals surface area (Å²) < 4.78 is 1.68. The highest BCUT2D eigenvalue weighted by atomic mass is 35.5. The summed E-state index contributed by atoms with van der Waals surface area (Å²) in [7, 11) is 2.00. The van der Waals surface area contributed by atoms with Crippen LogP contribution in [0.3, 0.4) is 0 Å². The fourth-order valence-corrected chi connectivity index (χ4v) is 4.22. The van der Waals surface area contributed by atoms with Crippen LogP contribution in [0.2, 0.25) is 5.02 Å². The minimum Gasteiger partial charge on any atom is -0.296 e. The predicted molar refractivity (Wildman–Crippen MR) is 111 cm³/mol. The van der Waals surface area contributed by atoms with E-state index in [1.165, 1.54) is 11.3 Å². The first kappa shape index (κ1) is 17.9. The number of hydrogen-bond donors (Lipinski definition) is 0. The first-order valence-electron chi connectivity index (χ1n) is 8.59. The smallest absolute Gasteiger partial charge is 0.259 e. The summed E-state index contributed by atoms with van der Waals surface area (Å²) in [6.07, 6.45) is 0. The van der Waals surface area contributed by atoms with Crippen molar-refractivity contribution in [1.29, 1.82) is 0 Å². The summed E-state index contributed by atoms with van der Waals surface area (Å²) in [6, 6.07) is 19.3. The number of aromatic nitrogens is 2. The third kappa shape index (κ3) is 3.81. The molecule has 0 unspecified atom stereocenters. The Kier molecular flexibility index (Phi) is 5.07. The zero-order chi connectivity index (χ0) is 18.8. The van der Waals surface area contributed by atoms with Gasteiger partial charge >= 0.3 is 0 Å². The first-order valence-corrected chi connectivity index (χ1v) is 9.85. The van der Waals surface area contributed by atoms with Gasteiger partial charge in [-0.2, -0.15) is 0 Å². The van der Waals surface area contributed by atoms with Crippen LogP contribution < -0.4 is 5.56 Å². The van der Waals surface area contributed by atoms with Crippen molar-refractivity contribution in [2.75, 3.05) is 7.05 Å². The van der Waals surface area contributed by atoms with Crippen molar-refractivity contribution in [2.45, 2.75) is 13.1 Å². The van der Waals surface area contributed by atoms with Crippen LogP contribution >= 0.6 is 22.9 Å². The van der Waals surface area contributed by atoms with Crippen LogP contribution in [0.4, 0.5) is 0 Å². The molecule has 4 nitrogen and oxygen atoms in total. The summed E-state index contributed by atoms with van der Waals surface area (Å²) in [4.78, 5) is 20.2. The number of fused-ring (bicyclic) bond motifs is 1. The van der Waals surface area contributed by atoms with Crippen molar-refractivity contribution in [3.05, 3.63) is 92.7 Å². The zero-order valence-electron chi connectivity index (χ0n) is 14.8. The Labute approximate surface area is 166 Å². The fourth-order valence-electron chi connectivity index (χ4n) is 3.11. The second kappa shape index (κ2) is 7.64. The van der Waals surface area contributed by atoms with E-state index in [2.05, 4.69) is 4.90 Å². The molecule has 0 spiro atoms. The molecule has 0 aliphatic heterocycles. The molecule has 0 bridgehead atoms. The van der Waals surface area contributed by atoms with Gasteiger partial charge in [0.15, 0.2) is 4.96 Å². The Balaban J connectivity index is 1.61. The van der Waals surface area contributed by atoms with Gasteiger partial charge in [0.25, 0.3) is 5.56 Å². The molecule has 2 aromatic carbocycles. The van der Waals surface area contributed by atoms with Crippen LogP contribution in [0.1, 0.15) is 11.3 Å². The van der Waals surface area contributed by atoms with Gasteiger partial charge in [0, 0.05) is 29.6 Å². The van der Waals surface area contributed by atoms with Gasteiger partial charge in [0.05, 0.1) is 11.4 Å². The van der Waals surface area contributed by atoms with Gasteiger partial charge in [-0.05, 0) is 24.2 Å². The van der Waals surface area contributed by atoms with E-state index < -0.39 is 0 Å². The summed E-state index contributed by atoms with van der Waals surface area (Å²) in [5.41, 5.74) is 3.65. The second-order valence-electron chi connectivity index (χ2n) is 6.45. The number of nitrogens with zero attached hydrogens (tertiary/aromatic N) is 3. The van der Waals surface area contributed by atoms with Crippen molar-refractivity contribution in [1.82, 2.24) is 14.3 Å². The Morgan fingerprint density at radius 1 is 1.07 bits per heavy atom. The van der Waals surface area contributed by atoms with Crippen molar-refractivity contribution in [2.24, 2.45) is 0 Å². The standard InChI is InChI=1S/C21H18ClN3OS/c1-24(12-16-9-5-6-10-18(16)22)13-17-11-20(26)25-19(14-27-21(25)23-17)15-7-3-2-4-8-15/h2-11,14H,12-13H2,1H3. The molecule has 0 saturated carbocycles. The van der Waals surface area contributed by atoms with E-state index in [-0.39, 0.29) is 5.56 Å². The molecule has 0 aliphatic rings. The van der Waals surface area contributed by atoms with Crippen molar-refractivity contribution < 1.29 is 0 Å². The highest BCUT2D eigenvalue weighted by Crippen LogP contribution is 2.24. The number of hydrogen-bond acceptors (Lipinski definition) is 4. The van der Waals surface area contributed by atoms with E-state index in [0.29, 0.717) is 18.1 Å². The Morgan fingerprint density at radius 2 is 1.81 bits per heavy atom. The third-order valence-electron chi connectivity index (χ3n) is 4.36. The van der Waals surface area contributed by atoms with Gasteiger partial charge < -0.3 is 0 Å². The van der Waals surface area contributed by atoms with Crippen LogP contribution in [-0.4, -0.2) is 21.3 Å². The molecule has 0 radical (unpaired) electrons. The number of benzene rings is 2. The molecule has 4 rings (SSSR count). The average molecular weight is 396 g/mol. The van der Waals surface area contributed by atoms with Gasteiger partial charge in [-0.1, -0.05) is 60.1 Å². The van der Waals surface area contributed by atoms with Crippen molar-refractivity contribution in [3.63, 3.8) is 0 Å². The average Bonchev–Trinajstić information content (AvgIpc) is 3.09. The van der Waals surface area contributed by atoms with Gasteiger partial charge in [-0.15, -0.1) is 11.3 Å². The fraction of sp³-hybridized carbons (Fsp3) is 0.143. The predicted octanol–water partition coefficient (Wildman–Crippen LogP) is 4.71. The maximum Gasteiger partial charge on any atom is 0.259 e. The molecule has 0 fully saturated rings. The van der Waals surface area contributed by atoms with E-state index in [9.17, 15) is 4.79 Å². The van der Waals surface area contributed by atoms with E-state index in [4.69, 9.17) is 16.6 Å². The van der Waals surface area contributed by atoms with Crippen LogP contribution in [0.5, 0.6) is 0 Å². The SMILES string of the molecule is CN(Cc1cc(=O)n2c(-c3ccccc3)csc2n1)Cc1ccccc1Cl. The molecular weight excluding hydrogens is 378 g/mol. The lowest BCUT2D eigenvalue weighted by molar-refractivity contribution is 0.315. The maximum atomic E-state index is 12.7. The van der Waals surface area contributed by atoms with Gasteiger partial charge in [0.2, 0.25) is 0 Å². The normalized spacial score (nSPS) is 11.4. The van der Waals surface area contributed by atoms with Crippen LogP contribution in [0, 0.1) is 0 Å². The first-order chi connectivity index (χ1) is 13.1. The summed E-state index contributed by atoms with van der Waals surface area (Å²) in [5.74, 6) is 0. The highest BCUT2D eigenvalue weighted by Gasteiger charge is 2.12. The van der Waals surface area contributed by atoms with Crippen LogP contribution in [-0.2, 0) is 13.1 Å². The molecule has 0 amide bonds. The molecule has 4 aromatic rings. The van der Waals surface area contributed by atoms with E-state index in [0.717, 1.165) is 27.5 Å². The molecule has 0 aliphatic carbocycles. The summed E-state index contributed by atoms with van der Waals surface area (Å²) in [5, 5.41) is 2.73. The van der Waals surface area contributed by atoms with Gasteiger partial charge in [-0.3, -0.25) is 14.1 Å². The minimum absolute atomic E-state index is 0.0544. The second-order valence-corrected chi connectivity index (χ2v) is 7.70. The highest BCUT2D eigenvalue weighted by molar-refractivity contribution is 7.15. The molecule has 0 saturated heterocycles. The van der Waals surface area contributed by atoms with E-state index >= 15 is 0 Å². The number of rotatable bonds is 5. The number of thiazole rings is 1. The third-order valence-corrected chi connectivity index (χ3v) is 5.55. The van der Waals surface area contributed by atoms with Crippen molar-refractivity contribution >= 4 is 27.9 Å². The Morgan fingerprint density at radius 3 is 2.59 bits per heavy atom. The molecule has 2 heterocycles. The van der Waals surface area contributed by atoms with E-state index in [1.54, 1.807) is 10.5 Å². The van der Waals surface area contributed by atoms with Gasteiger partial charge in [0.1, 0.15) is 0 Å². The molecule has 0 atom stereocenters. The minimum atomic E-state index is -0.0544. The zero-order valence-corrected chi connectivity index (χ0v) is 16.4. The summed E-state index contributed by atoms with van der Waals surface area (Å²) in [6.45, 7) is 1.27. The largest absolute Gasteiger partial charge is 0.296 e. The monoisotopic (exact) mass is 395 g/mol. The Hall–Kier alpha value is -2.47. The molecule has 2 aromatic heterocycles. The lowest BCUT2D eigenvalue weighted by atomic mass is 10.2. The van der Waals surface area contributed by atoms with E-state index in [1.807, 2.05) is 67.0 Å². The molecule has 27 heavy (non-hydrogen) atoms. The Bertz CT molecular complexity index is 1140. The molecular formula is C21H18ClN3OS. The quantitative estimate of drug-likeness (QED) is 0.491. The lowest BCUT2D eigenvalue weighted by Gasteiger charge is -2.17. The van der Waals surface area contributed by atoms with Crippen LogP contribution in [0.25, 0.3) is 16.2 Å². The topological polar surface area (TPSA) is 37.6 Å². The van der Waals surface area contributed by atoms with Crippen LogP contribution in [0.15, 0.2) is 70.8 Å². The summed E-state index contributed by atoms with van der Waals surface area (Å²) >= 11 is 7.72. The molecule has 6 heteroatoms. The number of halogens is 1. The lowest BCUT2D eigenvalue weighted by Crippen LogP contribution is -2.21.